The van der Waals surface area contributed by atoms with Crippen LogP contribution in [0.3, 0.4) is 0 Å². The molecule has 2 aromatic rings. The molecule has 0 unspecified atom stereocenters. The van der Waals surface area contributed by atoms with Gasteiger partial charge in [-0.3, -0.25) is 4.98 Å². The molecule has 4 nitrogen and oxygen atoms in total. The Morgan fingerprint density at radius 1 is 1.24 bits per heavy atom. The molecular weight excluding hydrogens is 266 g/mol. The van der Waals surface area contributed by atoms with Crippen molar-refractivity contribution in [2.24, 2.45) is 5.92 Å². The summed E-state index contributed by atoms with van der Waals surface area (Å²) in [6.45, 7) is 0.699. The summed E-state index contributed by atoms with van der Waals surface area (Å²) in [5.74, 6) is 2.94. The van der Waals surface area contributed by atoms with Gasteiger partial charge >= 0.3 is 0 Å². The predicted molar refractivity (Wildman–Crippen MR) is 80.2 cm³/mol. The highest BCUT2D eigenvalue weighted by Gasteiger charge is 2.23. The van der Waals surface area contributed by atoms with E-state index in [1.54, 1.807) is 20.4 Å². The molecule has 110 valence electrons. The van der Waals surface area contributed by atoms with Crippen molar-refractivity contribution in [2.45, 2.75) is 12.8 Å². The number of ether oxygens (including phenoxy) is 3. The van der Waals surface area contributed by atoms with Crippen molar-refractivity contribution in [3.63, 3.8) is 0 Å². The van der Waals surface area contributed by atoms with E-state index in [0.717, 1.165) is 30.1 Å². The summed E-state index contributed by atoms with van der Waals surface area (Å²) in [5.41, 5.74) is 2.38. The average molecular weight is 285 g/mol. The monoisotopic (exact) mass is 285 g/mol. The Kier molecular flexibility index (Phi) is 3.95. The number of rotatable bonds is 4. The van der Waals surface area contributed by atoms with Gasteiger partial charge in [0, 0.05) is 12.1 Å². The molecule has 0 aliphatic carbocycles. The molecular formula is C17H19NO3. The first-order chi connectivity index (χ1) is 10.3. The van der Waals surface area contributed by atoms with Gasteiger partial charge in [0.1, 0.15) is 5.75 Å². The highest BCUT2D eigenvalue weighted by atomic mass is 16.5. The lowest BCUT2D eigenvalue weighted by Crippen LogP contribution is -2.23. The van der Waals surface area contributed by atoms with Gasteiger partial charge in [0.05, 0.1) is 27.0 Å². The quantitative estimate of drug-likeness (QED) is 0.866. The van der Waals surface area contributed by atoms with E-state index in [9.17, 15) is 0 Å². The molecule has 0 bridgehead atoms. The Hall–Kier alpha value is -2.23. The first-order valence-corrected chi connectivity index (χ1v) is 7.06. The van der Waals surface area contributed by atoms with Gasteiger partial charge in [-0.25, -0.2) is 0 Å². The summed E-state index contributed by atoms with van der Waals surface area (Å²) in [6.07, 6.45) is 5.54. The van der Waals surface area contributed by atoms with Crippen LogP contribution in [0, 0.1) is 5.92 Å². The third-order valence-electron chi connectivity index (χ3n) is 3.78. The third kappa shape index (κ3) is 2.94. The number of para-hydroxylation sites is 1. The largest absolute Gasteiger partial charge is 0.495 e. The van der Waals surface area contributed by atoms with Crippen molar-refractivity contribution in [3.8, 4) is 17.2 Å². The maximum absolute atomic E-state index is 5.91. The number of benzene rings is 1. The Morgan fingerprint density at radius 2 is 2.14 bits per heavy atom. The highest BCUT2D eigenvalue weighted by molar-refractivity contribution is 5.47. The zero-order chi connectivity index (χ0) is 14.7. The van der Waals surface area contributed by atoms with Gasteiger partial charge in [0.15, 0.2) is 11.5 Å². The molecule has 2 heterocycles. The van der Waals surface area contributed by atoms with Gasteiger partial charge in [-0.15, -0.1) is 0 Å². The van der Waals surface area contributed by atoms with Crippen LogP contribution in [0.5, 0.6) is 17.2 Å². The Bertz CT molecular complexity index is 627. The van der Waals surface area contributed by atoms with Crippen molar-refractivity contribution < 1.29 is 14.2 Å². The maximum atomic E-state index is 5.91. The Morgan fingerprint density at radius 3 is 2.95 bits per heavy atom. The Balaban J connectivity index is 1.74. The number of fused-ring (bicyclic) bond motifs is 1. The molecule has 1 aliphatic heterocycles. The van der Waals surface area contributed by atoms with E-state index >= 15 is 0 Å². The summed E-state index contributed by atoms with van der Waals surface area (Å²) in [7, 11) is 3.33. The second-order valence-corrected chi connectivity index (χ2v) is 5.27. The third-order valence-corrected chi connectivity index (χ3v) is 3.78. The second-order valence-electron chi connectivity index (χ2n) is 5.27. The van der Waals surface area contributed by atoms with E-state index < -0.39 is 0 Å². The minimum atomic E-state index is 0.443. The summed E-state index contributed by atoms with van der Waals surface area (Å²) >= 11 is 0. The molecule has 1 atom stereocenters. The normalized spacial score (nSPS) is 16.8. The molecule has 0 saturated carbocycles. The molecule has 3 rings (SSSR count). The van der Waals surface area contributed by atoms with Crippen LogP contribution in [-0.4, -0.2) is 25.8 Å². The first-order valence-electron chi connectivity index (χ1n) is 7.06. The number of nitrogens with zero attached hydrogens (tertiary/aromatic N) is 1. The molecule has 1 aromatic carbocycles. The fourth-order valence-corrected chi connectivity index (χ4v) is 2.77. The zero-order valence-corrected chi connectivity index (χ0v) is 12.3. The first kappa shape index (κ1) is 13.7. The van der Waals surface area contributed by atoms with Crippen LogP contribution in [0.4, 0.5) is 0 Å². The van der Waals surface area contributed by atoms with Crippen molar-refractivity contribution >= 4 is 0 Å². The van der Waals surface area contributed by atoms with Crippen molar-refractivity contribution in [1.82, 2.24) is 4.98 Å². The van der Waals surface area contributed by atoms with Gasteiger partial charge in [-0.1, -0.05) is 12.1 Å². The van der Waals surface area contributed by atoms with Crippen LogP contribution >= 0.6 is 0 Å². The van der Waals surface area contributed by atoms with E-state index in [-0.39, 0.29) is 0 Å². The minimum Gasteiger partial charge on any atom is -0.495 e. The lowest BCUT2D eigenvalue weighted by Gasteiger charge is -2.26. The molecule has 1 aliphatic rings. The SMILES string of the molecule is COc1cncc(C[C@@H]2COc3c(cccc3OC)C2)c1. The minimum absolute atomic E-state index is 0.443. The van der Waals surface area contributed by atoms with Gasteiger partial charge in [-0.2, -0.15) is 0 Å². The van der Waals surface area contributed by atoms with Crippen LogP contribution in [0.25, 0.3) is 0 Å². The zero-order valence-electron chi connectivity index (χ0n) is 12.3. The van der Waals surface area contributed by atoms with Crippen molar-refractivity contribution in [2.75, 3.05) is 20.8 Å². The van der Waals surface area contributed by atoms with E-state index in [2.05, 4.69) is 11.1 Å². The molecule has 0 fully saturated rings. The lowest BCUT2D eigenvalue weighted by atomic mass is 9.91. The van der Waals surface area contributed by atoms with Gasteiger partial charge < -0.3 is 14.2 Å². The molecule has 0 N–H and O–H groups in total. The summed E-state index contributed by atoms with van der Waals surface area (Å²) in [5, 5.41) is 0. The van der Waals surface area contributed by atoms with Gasteiger partial charge in [-0.05, 0) is 36.1 Å². The number of hydrogen-bond donors (Lipinski definition) is 0. The number of pyridine rings is 1. The molecule has 0 saturated heterocycles. The summed E-state index contributed by atoms with van der Waals surface area (Å²) < 4.78 is 16.5. The van der Waals surface area contributed by atoms with Crippen LogP contribution in [0.2, 0.25) is 0 Å². The maximum Gasteiger partial charge on any atom is 0.164 e. The molecule has 0 spiro atoms. The average Bonchev–Trinajstić information content (AvgIpc) is 2.54. The van der Waals surface area contributed by atoms with Gasteiger partial charge in [0.25, 0.3) is 0 Å². The second kappa shape index (κ2) is 6.04. The lowest BCUT2D eigenvalue weighted by molar-refractivity contribution is 0.211. The summed E-state index contributed by atoms with van der Waals surface area (Å²) in [6, 6.07) is 8.09. The molecule has 0 amide bonds. The highest BCUT2D eigenvalue weighted by Crippen LogP contribution is 2.36. The van der Waals surface area contributed by atoms with E-state index in [0.29, 0.717) is 12.5 Å². The number of aromatic nitrogens is 1. The van der Waals surface area contributed by atoms with E-state index in [1.165, 1.54) is 11.1 Å². The van der Waals surface area contributed by atoms with E-state index in [1.807, 2.05) is 24.4 Å². The Labute approximate surface area is 124 Å². The fraction of sp³-hybridized carbons (Fsp3) is 0.353. The topological polar surface area (TPSA) is 40.6 Å². The van der Waals surface area contributed by atoms with E-state index in [4.69, 9.17) is 14.2 Å². The van der Waals surface area contributed by atoms with Crippen molar-refractivity contribution in [1.29, 1.82) is 0 Å². The van der Waals surface area contributed by atoms with Crippen LogP contribution in [0.1, 0.15) is 11.1 Å². The molecule has 1 aromatic heterocycles. The van der Waals surface area contributed by atoms with Crippen LogP contribution in [-0.2, 0) is 12.8 Å². The molecule has 0 radical (unpaired) electrons. The fourth-order valence-electron chi connectivity index (χ4n) is 2.77. The smallest absolute Gasteiger partial charge is 0.164 e. The molecule has 4 heteroatoms. The van der Waals surface area contributed by atoms with Gasteiger partial charge in [0.2, 0.25) is 0 Å². The number of methoxy groups -OCH3 is 2. The van der Waals surface area contributed by atoms with Crippen LogP contribution in [0.15, 0.2) is 36.7 Å². The molecule has 21 heavy (non-hydrogen) atoms. The predicted octanol–water partition coefficient (Wildman–Crippen LogP) is 2.89. The summed E-state index contributed by atoms with van der Waals surface area (Å²) in [4.78, 5) is 4.21. The number of hydrogen-bond acceptors (Lipinski definition) is 4. The van der Waals surface area contributed by atoms with Crippen molar-refractivity contribution in [3.05, 3.63) is 47.8 Å². The van der Waals surface area contributed by atoms with Crippen LogP contribution < -0.4 is 14.2 Å². The standard InChI is InChI=1S/C17H19NO3/c1-19-15-8-12(9-18-10-15)6-13-7-14-4-3-5-16(20-2)17(14)21-11-13/h3-5,8-10,13H,6-7,11H2,1-2H3/t13-/m0/s1.